The van der Waals surface area contributed by atoms with E-state index in [9.17, 15) is 14.7 Å². The van der Waals surface area contributed by atoms with Crippen LogP contribution in [0.2, 0.25) is 0 Å². The fraction of sp³-hybridized carbons (Fsp3) is 0.667. The van der Waals surface area contributed by atoms with Gasteiger partial charge in [-0.05, 0) is 55.6 Å². The summed E-state index contributed by atoms with van der Waals surface area (Å²) in [6.45, 7) is 0.704. The Morgan fingerprint density at radius 2 is 1.90 bits per heavy atom. The maximum Gasteiger partial charge on any atom is 0.241 e. The molecule has 0 saturated carbocycles. The standard InChI is InChI=1S/C24H34N2O3S/c27-15-20-10-6-12-26(20)24(29)22-23(30-16-25-22)21(28)11-3-1-2-7-17-13-18-8-4-5-9-19(18)14-17/h4-5,8-9,17,20,22-23,25,27H,1-3,6-7,10-16H2/t20-,22-,23?/m0/s1. The molecule has 0 bridgehead atoms. The Morgan fingerprint density at radius 3 is 2.63 bits per heavy atom. The average molecular weight is 431 g/mol. The van der Waals surface area contributed by atoms with E-state index in [1.54, 1.807) is 16.7 Å². The van der Waals surface area contributed by atoms with Crippen molar-refractivity contribution in [3.63, 3.8) is 0 Å². The van der Waals surface area contributed by atoms with Gasteiger partial charge in [0.2, 0.25) is 5.91 Å². The van der Waals surface area contributed by atoms with Crippen molar-refractivity contribution in [3.8, 4) is 0 Å². The highest BCUT2D eigenvalue weighted by molar-refractivity contribution is 8.00. The van der Waals surface area contributed by atoms with Crippen LogP contribution in [0.3, 0.4) is 0 Å². The number of rotatable bonds is 9. The lowest BCUT2D eigenvalue weighted by Gasteiger charge is -2.28. The van der Waals surface area contributed by atoms with Gasteiger partial charge in [0, 0.05) is 18.8 Å². The molecule has 6 heteroatoms. The van der Waals surface area contributed by atoms with Crippen LogP contribution in [0.4, 0.5) is 0 Å². The number of likely N-dealkylation sites (tertiary alicyclic amines) is 1. The number of hydrogen-bond donors (Lipinski definition) is 2. The molecular weight excluding hydrogens is 396 g/mol. The van der Waals surface area contributed by atoms with E-state index in [1.165, 1.54) is 36.8 Å². The van der Waals surface area contributed by atoms with Crippen molar-refractivity contribution in [2.24, 2.45) is 5.92 Å². The van der Waals surface area contributed by atoms with Crippen molar-refractivity contribution in [1.29, 1.82) is 0 Å². The fourth-order valence-electron chi connectivity index (χ4n) is 5.33. The van der Waals surface area contributed by atoms with Crippen molar-refractivity contribution >= 4 is 23.5 Å². The molecule has 1 unspecified atom stereocenters. The molecule has 1 amide bonds. The van der Waals surface area contributed by atoms with E-state index in [1.807, 2.05) is 0 Å². The van der Waals surface area contributed by atoms with Crippen LogP contribution in [-0.4, -0.2) is 58.1 Å². The van der Waals surface area contributed by atoms with Gasteiger partial charge in [-0.15, -0.1) is 11.8 Å². The largest absolute Gasteiger partial charge is 0.394 e. The number of nitrogens with zero attached hydrogens (tertiary/aromatic N) is 1. The molecule has 0 aromatic heterocycles. The van der Waals surface area contributed by atoms with E-state index < -0.39 is 6.04 Å². The summed E-state index contributed by atoms with van der Waals surface area (Å²) in [5.74, 6) is 1.61. The molecule has 164 valence electrons. The summed E-state index contributed by atoms with van der Waals surface area (Å²) in [5, 5.41) is 12.5. The number of amides is 1. The van der Waals surface area contributed by atoms with Crippen LogP contribution in [0.5, 0.6) is 0 Å². The van der Waals surface area contributed by atoms with Crippen LogP contribution in [0.25, 0.3) is 0 Å². The predicted octanol–water partition coefficient (Wildman–Crippen LogP) is 2.94. The van der Waals surface area contributed by atoms with Crippen LogP contribution >= 0.6 is 11.8 Å². The van der Waals surface area contributed by atoms with Crippen molar-refractivity contribution in [3.05, 3.63) is 35.4 Å². The van der Waals surface area contributed by atoms with Crippen molar-refractivity contribution in [2.75, 3.05) is 19.0 Å². The Balaban J connectivity index is 1.17. The third-order valence-electron chi connectivity index (χ3n) is 6.99. The van der Waals surface area contributed by atoms with Crippen molar-refractivity contribution in [2.45, 2.75) is 75.1 Å². The first-order valence-corrected chi connectivity index (χ1v) is 12.6. The molecule has 0 spiro atoms. The predicted molar refractivity (Wildman–Crippen MR) is 120 cm³/mol. The summed E-state index contributed by atoms with van der Waals surface area (Å²) in [6, 6.07) is 8.27. The van der Waals surface area contributed by atoms with Crippen LogP contribution < -0.4 is 5.32 Å². The second kappa shape index (κ2) is 10.3. The van der Waals surface area contributed by atoms with E-state index in [-0.39, 0.29) is 29.6 Å². The average Bonchev–Trinajstić information content (AvgIpc) is 3.51. The minimum atomic E-state index is -0.424. The van der Waals surface area contributed by atoms with E-state index >= 15 is 0 Å². The van der Waals surface area contributed by atoms with Gasteiger partial charge in [0.1, 0.15) is 11.8 Å². The van der Waals surface area contributed by atoms with Gasteiger partial charge >= 0.3 is 0 Å². The number of aliphatic hydroxyl groups excluding tert-OH is 1. The third-order valence-corrected chi connectivity index (χ3v) is 8.22. The summed E-state index contributed by atoms with van der Waals surface area (Å²) < 4.78 is 0. The number of fused-ring (bicyclic) bond motifs is 1. The zero-order valence-corrected chi connectivity index (χ0v) is 18.5. The lowest BCUT2D eigenvalue weighted by Crippen LogP contribution is -2.51. The highest BCUT2D eigenvalue weighted by Crippen LogP contribution is 2.31. The maximum absolute atomic E-state index is 12.9. The smallest absolute Gasteiger partial charge is 0.241 e. The van der Waals surface area contributed by atoms with Crippen LogP contribution in [0.1, 0.15) is 56.1 Å². The number of carbonyl (C=O) groups excluding carboxylic acids is 2. The molecule has 4 rings (SSSR count). The summed E-state index contributed by atoms with van der Waals surface area (Å²) >= 11 is 1.56. The molecule has 3 aliphatic rings. The minimum Gasteiger partial charge on any atom is -0.394 e. The summed E-state index contributed by atoms with van der Waals surface area (Å²) in [6.07, 6.45) is 9.17. The highest BCUT2D eigenvalue weighted by atomic mass is 32.2. The Labute approximate surface area is 184 Å². The first-order chi connectivity index (χ1) is 14.7. The minimum absolute atomic E-state index is 0.00398. The number of aliphatic hydroxyl groups is 1. The molecular formula is C24H34N2O3S. The molecule has 2 saturated heterocycles. The molecule has 5 nitrogen and oxygen atoms in total. The van der Waals surface area contributed by atoms with Gasteiger partial charge in [0.05, 0.1) is 17.9 Å². The number of Topliss-reactive ketones (excluding diaryl/α,β-unsaturated/α-hetero) is 1. The molecule has 0 radical (unpaired) electrons. The first-order valence-electron chi connectivity index (χ1n) is 11.5. The molecule has 1 aromatic carbocycles. The molecule has 2 fully saturated rings. The van der Waals surface area contributed by atoms with E-state index in [0.29, 0.717) is 18.8 Å². The second-order valence-corrected chi connectivity index (χ2v) is 10.2. The lowest BCUT2D eigenvalue weighted by molar-refractivity contribution is -0.136. The van der Waals surface area contributed by atoms with Gasteiger partial charge in [-0.25, -0.2) is 0 Å². The Morgan fingerprint density at radius 1 is 1.13 bits per heavy atom. The van der Waals surface area contributed by atoms with Crippen LogP contribution in [0.15, 0.2) is 24.3 Å². The number of ketones is 1. The van der Waals surface area contributed by atoms with E-state index in [2.05, 4.69) is 29.6 Å². The van der Waals surface area contributed by atoms with Gasteiger partial charge in [-0.2, -0.15) is 0 Å². The molecule has 30 heavy (non-hydrogen) atoms. The third kappa shape index (κ3) is 4.92. The SMILES string of the molecule is O=C(CCCCCC1Cc2ccccc2C1)C1SCN[C@@H]1C(=O)N1CCC[C@H]1CO. The Hall–Kier alpha value is -1.37. The summed E-state index contributed by atoms with van der Waals surface area (Å²) in [5.41, 5.74) is 3.03. The molecule has 2 heterocycles. The number of carbonyl (C=O) groups is 2. The number of thioether (sulfide) groups is 1. The molecule has 1 aromatic rings. The number of unbranched alkanes of at least 4 members (excludes halogenated alkanes) is 2. The topological polar surface area (TPSA) is 69.6 Å². The van der Waals surface area contributed by atoms with Gasteiger partial charge in [0.25, 0.3) is 0 Å². The zero-order valence-electron chi connectivity index (χ0n) is 17.7. The van der Waals surface area contributed by atoms with E-state index in [4.69, 9.17) is 0 Å². The Kier molecular flexibility index (Phi) is 7.50. The fourth-order valence-corrected chi connectivity index (χ4v) is 6.49. The lowest BCUT2D eigenvalue weighted by atomic mass is 9.97. The van der Waals surface area contributed by atoms with Crippen LogP contribution in [-0.2, 0) is 22.4 Å². The van der Waals surface area contributed by atoms with Crippen molar-refractivity contribution < 1.29 is 14.7 Å². The molecule has 2 aliphatic heterocycles. The highest BCUT2D eigenvalue weighted by Gasteiger charge is 2.42. The Bertz CT molecular complexity index is 731. The number of benzene rings is 1. The second-order valence-electron chi connectivity index (χ2n) is 9.03. The quantitative estimate of drug-likeness (QED) is 0.590. The molecule has 2 N–H and O–H groups in total. The maximum atomic E-state index is 12.9. The van der Waals surface area contributed by atoms with Gasteiger partial charge < -0.3 is 10.0 Å². The number of nitrogens with one attached hydrogen (secondary N) is 1. The number of hydrogen-bond acceptors (Lipinski definition) is 5. The van der Waals surface area contributed by atoms with Gasteiger partial charge in [0.15, 0.2) is 0 Å². The zero-order chi connectivity index (χ0) is 20.9. The van der Waals surface area contributed by atoms with Gasteiger partial charge in [-0.1, -0.05) is 37.1 Å². The summed E-state index contributed by atoms with van der Waals surface area (Å²) in [4.78, 5) is 27.5. The molecule has 1 aliphatic carbocycles. The van der Waals surface area contributed by atoms with Crippen molar-refractivity contribution in [1.82, 2.24) is 10.2 Å². The monoisotopic (exact) mass is 430 g/mol. The normalized spacial score (nSPS) is 26.3. The van der Waals surface area contributed by atoms with E-state index in [0.717, 1.165) is 31.6 Å². The van der Waals surface area contributed by atoms with Crippen LogP contribution in [0, 0.1) is 5.92 Å². The van der Waals surface area contributed by atoms with Gasteiger partial charge in [-0.3, -0.25) is 14.9 Å². The summed E-state index contributed by atoms with van der Waals surface area (Å²) in [7, 11) is 0. The molecule has 3 atom stereocenters. The first kappa shape index (κ1) is 21.8.